The Hall–Kier alpha value is -7.22. The first-order valence-corrected chi connectivity index (χ1v) is 20.2. The van der Waals surface area contributed by atoms with Gasteiger partial charge in [-0.1, -0.05) is 178 Å². The first kappa shape index (κ1) is 34.1. The van der Waals surface area contributed by atoms with Gasteiger partial charge in [0.05, 0.1) is 0 Å². The second-order valence-corrected chi connectivity index (χ2v) is 16.2. The first-order chi connectivity index (χ1) is 28.5. The summed E-state index contributed by atoms with van der Waals surface area (Å²) in [5, 5.41) is 7.57. The van der Waals surface area contributed by atoms with Gasteiger partial charge in [0.2, 0.25) is 0 Å². The summed E-state index contributed by atoms with van der Waals surface area (Å²) in [6.45, 7) is 4.76. The van der Waals surface area contributed by atoms with E-state index in [0.29, 0.717) is 0 Å². The fourth-order valence-corrected chi connectivity index (χ4v) is 9.42. The van der Waals surface area contributed by atoms with Crippen LogP contribution in [-0.4, -0.2) is 0 Å². The Balaban J connectivity index is 1.07. The molecule has 58 heavy (non-hydrogen) atoms. The molecule has 1 aliphatic rings. The molecule has 0 bridgehead atoms. The number of nitrogens with zero attached hydrogens (tertiary/aromatic N) is 1. The van der Waals surface area contributed by atoms with E-state index in [1.807, 2.05) is 0 Å². The minimum atomic E-state index is -0.183. The molecule has 1 nitrogen and oxygen atoms in total. The predicted octanol–water partition coefficient (Wildman–Crippen LogP) is 15.9. The quantitative estimate of drug-likeness (QED) is 0.154. The van der Waals surface area contributed by atoms with Crippen molar-refractivity contribution in [2.45, 2.75) is 19.3 Å². The van der Waals surface area contributed by atoms with Crippen molar-refractivity contribution in [2.75, 3.05) is 4.90 Å². The van der Waals surface area contributed by atoms with Crippen LogP contribution in [0.25, 0.3) is 76.8 Å². The van der Waals surface area contributed by atoms with Crippen LogP contribution in [0.2, 0.25) is 0 Å². The molecule has 0 radical (unpaired) electrons. The normalized spacial score (nSPS) is 12.8. The van der Waals surface area contributed by atoms with E-state index >= 15 is 0 Å². The van der Waals surface area contributed by atoms with Crippen LogP contribution in [0, 0.1) is 0 Å². The first-order valence-electron chi connectivity index (χ1n) is 20.2. The summed E-state index contributed by atoms with van der Waals surface area (Å²) in [6, 6.07) is 78.3. The third kappa shape index (κ3) is 5.62. The van der Waals surface area contributed by atoms with Crippen molar-refractivity contribution < 1.29 is 0 Å². The highest BCUT2D eigenvalue weighted by molar-refractivity contribution is 6.12. The molecule has 0 heterocycles. The lowest BCUT2D eigenvalue weighted by Gasteiger charge is -2.29. The molecule has 0 saturated heterocycles. The SMILES string of the molecule is CC1(C)c2cc(-c3ccccc3)ccc2-c2ccc(N(c3cccc(-c4ccc5ccccc5c4)c3)c3cccc(-c4cccc5c4ccc4ccccc45)c3)cc21. The van der Waals surface area contributed by atoms with Gasteiger partial charge in [0.15, 0.2) is 0 Å². The van der Waals surface area contributed by atoms with Crippen LogP contribution in [0.3, 0.4) is 0 Å². The molecule has 0 unspecified atom stereocenters. The molecule has 1 aliphatic carbocycles. The van der Waals surface area contributed by atoms with Crippen LogP contribution < -0.4 is 4.90 Å². The smallest absolute Gasteiger partial charge is 0.0467 e. The largest absolute Gasteiger partial charge is 0.310 e. The van der Waals surface area contributed by atoms with E-state index in [1.165, 1.54) is 88.0 Å². The van der Waals surface area contributed by atoms with Crippen molar-refractivity contribution in [3.8, 4) is 44.5 Å². The molecule has 10 aromatic rings. The van der Waals surface area contributed by atoms with Gasteiger partial charge in [-0.15, -0.1) is 0 Å². The van der Waals surface area contributed by atoms with Gasteiger partial charge < -0.3 is 4.90 Å². The summed E-state index contributed by atoms with van der Waals surface area (Å²) in [7, 11) is 0. The number of fused-ring (bicyclic) bond motifs is 7. The van der Waals surface area contributed by atoms with Gasteiger partial charge in [-0.3, -0.25) is 0 Å². The molecule has 0 aliphatic heterocycles. The lowest BCUT2D eigenvalue weighted by atomic mass is 9.81. The van der Waals surface area contributed by atoms with Crippen LogP contribution in [0.1, 0.15) is 25.0 Å². The summed E-state index contributed by atoms with van der Waals surface area (Å²) < 4.78 is 0. The van der Waals surface area contributed by atoms with E-state index in [9.17, 15) is 0 Å². The van der Waals surface area contributed by atoms with Gasteiger partial charge in [-0.05, 0) is 136 Å². The average molecular weight is 740 g/mol. The van der Waals surface area contributed by atoms with E-state index in [-0.39, 0.29) is 5.41 Å². The summed E-state index contributed by atoms with van der Waals surface area (Å²) in [5.74, 6) is 0. The summed E-state index contributed by atoms with van der Waals surface area (Å²) in [5.41, 5.74) is 15.9. The zero-order valence-electron chi connectivity index (χ0n) is 32.7. The van der Waals surface area contributed by atoms with E-state index in [0.717, 1.165) is 17.1 Å². The van der Waals surface area contributed by atoms with Gasteiger partial charge in [-0.25, -0.2) is 0 Å². The Morgan fingerprint density at radius 1 is 0.293 bits per heavy atom. The zero-order valence-corrected chi connectivity index (χ0v) is 32.7. The monoisotopic (exact) mass is 739 g/mol. The third-order valence-corrected chi connectivity index (χ3v) is 12.4. The molecule has 11 rings (SSSR count). The Bertz CT molecular complexity index is 3210. The molecule has 0 amide bonds. The van der Waals surface area contributed by atoms with Crippen molar-refractivity contribution in [2.24, 2.45) is 0 Å². The maximum absolute atomic E-state index is 2.45. The summed E-state index contributed by atoms with van der Waals surface area (Å²) in [6.07, 6.45) is 0. The van der Waals surface area contributed by atoms with E-state index < -0.39 is 0 Å². The number of benzene rings is 10. The van der Waals surface area contributed by atoms with Crippen molar-refractivity contribution in [1.29, 1.82) is 0 Å². The standard InChI is InChI=1S/C57H41N/c1-57(2)55-36-44(38-13-4-3-5-14-38)28-31-53(55)54-32-29-48(37-56(54)57)58(46-20-10-18-42(34-46)43-26-25-39-15-6-7-17-41(39)33-43)47-21-11-19-45(35-47)50-23-12-24-51-49-22-9-8-16-40(49)27-30-52(50)51/h3-37H,1-2H3. The maximum atomic E-state index is 2.45. The number of rotatable bonds is 6. The highest BCUT2D eigenvalue weighted by atomic mass is 15.1. The molecule has 0 saturated carbocycles. The second kappa shape index (κ2) is 13.5. The van der Waals surface area contributed by atoms with Crippen LogP contribution in [0.4, 0.5) is 17.1 Å². The van der Waals surface area contributed by atoms with Crippen LogP contribution >= 0.6 is 0 Å². The molecule has 10 aromatic carbocycles. The van der Waals surface area contributed by atoms with Gasteiger partial charge in [0.25, 0.3) is 0 Å². The van der Waals surface area contributed by atoms with Crippen molar-refractivity contribution in [3.63, 3.8) is 0 Å². The van der Waals surface area contributed by atoms with Crippen molar-refractivity contribution in [3.05, 3.63) is 223 Å². The minimum absolute atomic E-state index is 0.183. The highest BCUT2D eigenvalue weighted by Crippen LogP contribution is 2.52. The van der Waals surface area contributed by atoms with Crippen molar-refractivity contribution >= 4 is 49.4 Å². The van der Waals surface area contributed by atoms with Crippen molar-refractivity contribution in [1.82, 2.24) is 0 Å². The maximum Gasteiger partial charge on any atom is 0.0467 e. The van der Waals surface area contributed by atoms with Gasteiger partial charge in [0, 0.05) is 22.5 Å². The Kier molecular flexibility index (Phi) is 7.91. The summed E-state index contributed by atoms with van der Waals surface area (Å²) in [4.78, 5) is 2.45. The zero-order chi connectivity index (χ0) is 38.8. The van der Waals surface area contributed by atoms with Gasteiger partial charge >= 0.3 is 0 Å². The predicted molar refractivity (Wildman–Crippen MR) is 248 cm³/mol. The van der Waals surface area contributed by atoms with Gasteiger partial charge in [0.1, 0.15) is 0 Å². The second-order valence-electron chi connectivity index (χ2n) is 16.2. The molecule has 0 aromatic heterocycles. The molecule has 274 valence electrons. The molecule has 0 fully saturated rings. The number of hydrogen-bond donors (Lipinski definition) is 0. The van der Waals surface area contributed by atoms with Crippen LogP contribution in [-0.2, 0) is 5.41 Å². The average Bonchev–Trinajstić information content (AvgIpc) is 3.51. The van der Waals surface area contributed by atoms with E-state index in [1.54, 1.807) is 0 Å². The Morgan fingerprint density at radius 3 is 1.67 bits per heavy atom. The molecule has 0 N–H and O–H groups in total. The molecular weight excluding hydrogens is 699 g/mol. The number of anilines is 3. The van der Waals surface area contributed by atoms with Gasteiger partial charge in [-0.2, -0.15) is 0 Å². The fourth-order valence-electron chi connectivity index (χ4n) is 9.42. The molecule has 0 atom stereocenters. The van der Waals surface area contributed by atoms with E-state index in [4.69, 9.17) is 0 Å². The molecule has 0 spiro atoms. The lowest BCUT2D eigenvalue weighted by molar-refractivity contribution is 0.660. The third-order valence-electron chi connectivity index (χ3n) is 12.4. The fraction of sp³-hybridized carbons (Fsp3) is 0.0526. The number of hydrogen-bond acceptors (Lipinski definition) is 1. The molecular formula is C57H41N. The lowest BCUT2D eigenvalue weighted by Crippen LogP contribution is -2.16. The van der Waals surface area contributed by atoms with Crippen LogP contribution in [0.5, 0.6) is 0 Å². The van der Waals surface area contributed by atoms with E-state index in [2.05, 4.69) is 231 Å². The minimum Gasteiger partial charge on any atom is -0.310 e. The Morgan fingerprint density at radius 2 is 0.845 bits per heavy atom. The molecule has 1 heteroatoms. The topological polar surface area (TPSA) is 3.24 Å². The Labute approximate surface area is 340 Å². The highest BCUT2D eigenvalue weighted by Gasteiger charge is 2.36. The summed E-state index contributed by atoms with van der Waals surface area (Å²) >= 11 is 0. The van der Waals surface area contributed by atoms with Crippen LogP contribution in [0.15, 0.2) is 212 Å².